The van der Waals surface area contributed by atoms with Gasteiger partial charge in [-0.15, -0.1) is 0 Å². The van der Waals surface area contributed by atoms with Gasteiger partial charge in [0.25, 0.3) is 0 Å². The van der Waals surface area contributed by atoms with Crippen LogP contribution in [0.3, 0.4) is 0 Å². The standard InChI is InChI=1S/C16H24N2/c1-3-18-16(12-8-11(2)9-17-10-12)15-13-6-4-5-7-14(13)15/h8-10,13-16,18H,3-7H2,1-2H3. The van der Waals surface area contributed by atoms with Crippen LogP contribution >= 0.6 is 0 Å². The molecule has 2 heteroatoms. The molecule has 1 aromatic rings. The lowest BCUT2D eigenvalue weighted by atomic mass is 10.0. The number of hydrogen-bond donors (Lipinski definition) is 1. The van der Waals surface area contributed by atoms with E-state index < -0.39 is 0 Å². The van der Waals surface area contributed by atoms with Crippen LogP contribution in [0.15, 0.2) is 18.5 Å². The third kappa shape index (κ3) is 2.18. The van der Waals surface area contributed by atoms with Gasteiger partial charge in [0.05, 0.1) is 0 Å². The summed E-state index contributed by atoms with van der Waals surface area (Å²) in [4.78, 5) is 4.37. The summed E-state index contributed by atoms with van der Waals surface area (Å²) < 4.78 is 0. The van der Waals surface area contributed by atoms with Crippen LogP contribution in [-0.2, 0) is 0 Å². The summed E-state index contributed by atoms with van der Waals surface area (Å²) in [5, 5.41) is 3.70. The summed E-state index contributed by atoms with van der Waals surface area (Å²) >= 11 is 0. The first-order valence-corrected chi connectivity index (χ1v) is 7.46. The van der Waals surface area contributed by atoms with Gasteiger partial charge < -0.3 is 5.32 Å². The number of nitrogens with one attached hydrogen (secondary N) is 1. The first-order valence-electron chi connectivity index (χ1n) is 7.46. The minimum atomic E-state index is 0.538. The van der Waals surface area contributed by atoms with Gasteiger partial charge in [0.2, 0.25) is 0 Å². The van der Waals surface area contributed by atoms with Gasteiger partial charge in [0, 0.05) is 18.4 Å². The van der Waals surface area contributed by atoms with Crippen molar-refractivity contribution in [3.05, 3.63) is 29.6 Å². The van der Waals surface area contributed by atoms with E-state index in [0.717, 1.165) is 24.3 Å². The van der Waals surface area contributed by atoms with Crippen LogP contribution < -0.4 is 5.32 Å². The predicted molar refractivity (Wildman–Crippen MR) is 74.3 cm³/mol. The number of aryl methyl sites for hydroxylation is 1. The van der Waals surface area contributed by atoms with E-state index in [1.54, 1.807) is 0 Å². The quantitative estimate of drug-likeness (QED) is 0.877. The Balaban J connectivity index is 1.80. The number of nitrogens with zero attached hydrogens (tertiary/aromatic N) is 1. The largest absolute Gasteiger partial charge is 0.310 e. The van der Waals surface area contributed by atoms with Crippen molar-refractivity contribution in [2.75, 3.05) is 6.54 Å². The molecular formula is C16H24N2. The molecule has 2 fully saturated rings. The molecule has 0 saturated heterocycles. The summed E-state index contributed by atoms with van der Waals surface area (Å²) in [6, 6.07) is 2.85. The molecule has 0 radical (unpaired) electrons. The van der Waals surface area contributed by atoms with Gasteiger partial charge in [0.1, 0.15) is 0 Å². The Kier molecular flexibility index (Phi) is 3.38. The minimum Gasteiger partial charge on any atom is -0.310 e. The van der Waals surface area contributed by atoms with Gasteiger partial charge in [-0.2, -0.15) is 0 Å². The second-order valence-electron chi connectivity index (χ2n) is 6.02. The lowest BCUT2D eigenvalue weighted by Crippen LogP contribution is -2.24. The number of aromatic nitrogens is 1. The Morgan fingerprint density at radius 2 is 2.00 bits per heavy atom. The van der Waals surface area contributed by atoms with Gasteiger partial charge >= 0.3 is 0 Å². The second-order valence-corrected chi connectivity index (χ2v) is 6.02. The van der Waals surface area contributed by atoms with E-state index in [4.69, 9.17) is 0 Å². The summed E-state index contributed by atoms with van der Waals surface area (Å²) in [5.41, 5.74) is 2.68. The van der Waals surface area contributed by atoms with Crippen molar-refractivity contribution >= 4 is 0 Å². The fourth-order valence-electron chi connectivity index (χ4n) is 3.99. The molecule has 3 atom stereocenters. The molecule has 18 heavy (non-hydrogen) atoms. The molecule has 2 aliphatic rings. The molecule has 98 valence electrons. The lowest BCUT2D eigenvalue weighted by molar-refractivity contribution is 0.455. The molecule has 2 nitrogen and oxygen atoms in total. The molecule has 3 rings (SSSR count). The fraction of sp³-hybridized carbons (Fsp3) is 0.688. The van der Waals surface area contributed by atoms with E-state index >= 15 is 0 Å². The molecule has 1 aromatic heterocycles. The third-order valence-electron chi connectivity index (χ3n) is 4.79. The molecular weight excluding hydrogens is 220 g/mol. The Labute approximate surface area is 110 Å². The zero-order chi connectivity index (χ0) is 12.5. The van der Waals surface area contributed by atoms with Crippen LogP contribution in [0.4, 0.5) is 0 Å². The van der Waals surface area contributed by atoms with Gasteiger partial charge in [-0.3, -0.25) is 4.98 Å². The van der Waals surface area contributed by atoms with E-state index in [-0.39, 0.29) is 0 Å². The highest BCUT2D eigenvalue weighted by molar-refractivity contribution is 5.24. The normalized spacial score (nSPS) is 31.8. The maximum atomic E-state index is 4.37. The highest BCUT2D eigenvalue weighted by Gasteiger charge is 2.54. The number of pyridine rings is 1. The molecule has 0 aliphatic heterocycles. The van der Waals surface area contributed by atoms with Gasteiger partial charge in [0.15, 0.2) is 0 Å². The number of hydrogen-bond acceptors (Lipinski definition) is 2. The van der Waals surface area contributed by atoms with Gasteiger partial charge in [-0.1, -0.05) is 25.8 Å². The van der Waals surface area contributed by atoms with E-state index in [1.165, 1.54) is 36.8 Å². The summed E-state index contributed by atoms with van der Waals surface area (Å²) in [5.74, 6) is 2.85. The molecule has 0 bridgehead atoms. The molecule has 0 amide bonds. The Hall–Kier alpha value is -0.890. The van der Waals surface area contributed by atoms with E-state index in [9.17, 15) is 0 Å². The van der Waals surface area contributed by atoms with Crippen LogP contribution in [-0.4, -0.2) is 11.5 Å². The van der Waals surface area contributed by atoms with Crippen LogP contribution in [0.1, 0.15) is 49.8 Å². The highest BCUT2D eigenvalue weighted by Crippen LogP contribution is 2.60. The Bertz CT molecular complexity index is 403. The minimum absolute atomic E-state index is 0.538. The SMILES string of the molecule is CCNC(c1cncc(C)c1)C1C2CCCCC21. The molecule has 2 saturated carbocycles. The Morgan fingerprint density at radius 1 is 1.28 bits per heavy atom. The van der Waals surface area contributed by atoms with Crippen molar-refractivity contribution in [2.45, 2.75) is 45.6 Å². The van der Waals surface area contributed by atoms with E-state index in [0.29, 0.717) is 6.04 Å². The van der Waals surface area contributed by atoms with Crippen molar-refractivity contribution in [2.24, 2.45) is 17.8 Å². The van der Waals surface area contributed by atoms with E-state index in [2.05, 4.69) is 36.4 Å². The van der Waals surface area contributed by atoms with Crippen molar-refractivity contribution in [1.29, 1.82) is 0 Å². The lowest BCUT2D eigenvalue weighted by Gasteiger charge is -2.19. The average molecular weight is 244 g/mol. The topological polar surface area (TPSA) is 24.9 Å². The summed E-state index contributed by atoms with van der Waals surface area (Å²) in [7, 11) is 0. The average Bonchev–Trinajstić information content (AvgIpc) is 3.10. The maximum Gasteiger partial charge on any atom is 0.0369 e. The summed E-state index contributed by atoms with van der Waals surface area (Å²) in [6.45, 7) is 5.40. The first kappa shape index (κ1) is 12.2. The second kappa shape index (κ2) is 5.00. The van der Waals surface area contributed by atoms with Gasteiger partial charge in [-0.05, 0) is 55.2 Å². The van der Waals surface area contributed by atoms with Crippen molar-refractivity contribution in [3.63, 3.8) is 0 Å². The third-order valence-corrected chi connectivity index (χ3v) is 4.79. The summed E-state index contributed by atoms with van der Waals surface area (Å²) in [6.07, 6.45) is 9.81. The molecule has 3 unspecified atom stereocenters. The maximum absolute atomic E-state index is 4.37. The molecule has 0 aromatic carbocycles. The Morgan fingerprint density at radius 3 is 2.61 bits per heavy atom. The van der Waals surface area contributed by atoms with Crippen LogP contribution in [0, 0.1) is 24.7 Å². The number of fused-ring (bicyclic) bond motifs is 1. The first-order chi connectivity index (χ1) is 8.81. The van der Waals surface area contributed by atoms with Gasteiger partial charge in [-0.25, -0.2) is 0 Å². The molecule has 1 N–H and O–H groups in total. The van der Waals surface area contributed by atoms with Crippen LogP contribution in [0.5, 0.6) is 0 Å². The smallest absolute Gasteiger partial charge is 0.0369 e. The number of rotatable bonds is 4. The van der Waals surface area contributed by atoms with Crippen molar-refractivity contribution < 1.29 is 0 Å². The van der Waals surface area contributed by atoms with E-state index in [1.807, 2.05) is 6.20 Å². The monoisotopic (exact) mass is 244 g/mol. The van der Waals surface area contributed by atoms with Crippen LogP contribution in [0.2, 0.25) is 0 Å². The van der Waals surface area contributed by atoms with Crippen molar-refractivity contribution in [1.82, 2.24) is 10.3 Å². The molecule has 1 heterocycles. The zero-order valence-corrected chi connectivity index (χ0v) is 11.5. The highest BCUT2D eigenvalue weighted by atomic mass is 14.9. The fourth-order valence-corrected chi connectivity index (χ4v) is 3.99. The van der Waals surface area contributed by atoms with Crippen molar-refractivity contribution in [3.8, 4) is 0 Å². The van der Waals surface area contributed by atoms with Crippen LogP contribution in [0.25, 0.3) is 0 Å². The zero-order valence-electron chi connectivity index (χ0n) is 11.5. The predicted octanol–water partition coefficient (Wildman–Crippen LogP) is 3.48. The molecule has 0 spiro atoms. The molecule has 2 aliphatic carbocycles.